The second-order valence-corrected chi connectivity index (χ2v) is 5.95. The molecule has 1 heterocycles. The molecule has 2 aromatic rings. The van der Waals surface area contributed by atoms with E-state index < -0.39 is 17.0 Å². The molecule has 4 nitrogen and oxygen atoms in total. The Morgan fingerprint density at radius 3 is 2.45 bits per heavy atom. The van der Waals surface area contributed by atoms with Gasteiger partial charge in [-0.05, 0) is 31.2 Å². The first-order valence-corrected chi connectivity index (χ1v) is 7.27. The average Bonchev–Trinajstić information content (AvgIpc) is 2.84. The Balaban J connectivity index is 1.98. The van der Waals surface area contributed by atoms with Crippen molar-refractivity contribution in [1.29, 1.82) is 0 Å². The number of halogens is 3. The first-order valence-electron chi connectivity index (χ1n) is 6.39. The van der Waals surface area contributed by atoms with E-state index in [0.717, 1.165) is 12.1 Å². The maximum absolute atomic E-state index is 12.5. The molecule has 0 saturated heterocycles. The predicted molar refractivity (Wildman–Crippen MR) is 78.6 cm³/mol. The summed E-state index contributed by atoms with van der Waals surface area (Å²) in [4.78, 5) is 16.1. The van der Waals surface area contributed by atoms with Crippen molar-refractivity contribution in [2.45, 2.75) is 23.5 Å². The molecule has 0 spiro atoms. The minimum Gasteiger partial charge on any atom is -0.329 e. The summed E-state index contributed by atoms with van der Waals surface area (Å²) in [6.45, 7) is 1.71. The summed E-state index contributed by atoms with van der Waals surface area (Å²) in [5, 5.41) is 2.85. The van der Waals surface area contributed by atoms with Crippen molar-refractivity contribution in [2.24, 2.45) is 7.05 Å². The molecule has 0 radical (unpaired) electrons. The molecule has 1 atom stereocenters. The molecular formula is C14H14F3N3OS. The second-order valence-electron chi connectivity index (χ2n) is 4.65. The first kappa shape index (κ1) is 16.4. The minimum absolute atomic E-state index is 0.298. The van der Waals surface area contributed by atoms with Crippen LogP contribution in [0.4, 0.5) is 18.9 Å². The number of alkyl halides is 3. The Labute approximate surface area is 129 Å². The highest BCUT2D eigenvalue weighted by atomic mass is 32.2. The van der Waals surface area contributed by atoms with E-state index in [2.05, 4.69) is 10.3 Å². The Hall–Kier alpha value is -1.96. The van der Waals surface area contributed by atoms with Crippen molar-refractivity contribution in [1.82, 2.24) is 9.55 Å². The molecule has 0 saturated carbocycles. The van der Waals surface area contributed by atoms with Crippen LogP contribution < -0.4 is 5.32 Å². The van der Waals surface area contributed by atoms with Gasteiger partial charge in [0.15, 0.2) is 5.16 Å². The minimum atomic E-state index is -4.39. The van der Waals surface area contributed by atoms with Crippen LogP contribution in [0.1, 0.15) is 12.5 Å². The van der Waals surface area contributed by atoms with Crippen LogP contribution in [0.5, 0.6) is 0 Å². The summed E-state index contributed by atoms with van der Waals surface area (Å²) >= 11 is 1.27. The largest absolute Gasteiger partial charge is 0.416 e. The lowest BCUT2D eigenvalue weighted by molar-refractivity contribution is -0.137. The quantitative estimate of drug-likeness (QED) is 0.873. The zero-order valence-corrected chi connectivity index (χ0v) is 12.7. The number of amides is 1. The molecule has 2 rings (SSSR count). The Bertz CT molecular complexity index is 652. The van der Waals surface area contributed by atoms with Crippen LogP contribution in [0.15, 0.2) is 41.8 Å². The van der Waals surface area contributed by atoms with Gasteiger partial charge in [-0.25, -0.2) is 4.98 Å². The number of carbonyl (C=O) groups excluding carboxylic acids is 1. The highest BCUT2D eigenvalue weighted by molar-refractivity contribution is 8.00. The van der Waals surface area contributed by atoms with E-state index in [0.29, 0.717) is 10.8 Å². The van der Waals surface area contributed by atoms with Gasteiger partial charge in [0, 0.05) is 25.1 Å². The van der Waals surface area contributed by atoms with Crippen LogP contribution in [0.3, 0.4) is 0 Å². The topological polar surface area (TPSA) is 46.9 Å². The smallest absolute Gasteiger partial charge is 0.329 e. The number of nitrogens with one attached hydrogen (secondary N) is 1. The Morgan fingerprint density at radius 1 is 1.32 bits per heavy atom. The molecule has 1 amide bonds. The number of carbonyl (C=O) groups is 1. The number of imidazole rings is 1. The zero-order chi connectivity index (χ0) is 16.3. The van der Waals surface area contributed by atoms with Crippen LogP contribution in [0, 0.1) is 0 Å². The van der Waals surface area contributed by atoms with Crippen LogP contribution in [0.25, 0.3) is 0 Å². The molecule has 0 aliphatic rings. The molecular weight excluding hydrogens is 315 g/mol. The van der Waals surface area contributed by atoms with E-state index >= 15 is 0 Å². The second kappa shape index (κ2) is 6.43. The van der Waals surface area contributed by atoms with Crippen molar-refractivity contribution in [3.05, 3.63) is 42.2 Å². The van der Waals surface area contributed by atoms with Crippen molar-refractivity contribution < 1.29 is 18.0 Å². The van der Waals surface area contributed by atoms with Crippen molar-refractivity contribution in [3.63, 3.8) is 0 Å². The first-order chi connectivity index (χ1) is 10.3. The highest BCUT2D eigenvalue weighted by Gasteiger charge is 2.30. The highest BCUT2D eigenvalue weighted by Crippen LogP contribution is 2.30. The Kier molecular flexibility index (Phi) is 4.80. The predicted octanol–water partition coefficient (Wildman–Crippen LogP) is 3.56. The number of nitrogens with zero attached hydrogens (tertiary/aromatic N) is 2. The van der Waals surface area contributed by atoms with E-state index in [9.17, 15) is 18.0 Å². The number of hydrogen-bond acceptors (Lipinski definition) is 3. The molecule has 118 valence electrons. The Morgan fingerprint density at radius 2 is 1.95 bits per heavy atom. The molecule has 0 unspecified atom stereocenters. The van der Waals surface area contributed by atoms with E-state index in [-0.39, 0.29) is 5.91 Å². The summed E-state index contributed by atoms with van der Waals surface area (Å²) in [7, 11) is 1.82. The molecule has 0 aliphatic carbocycles. The monoisotopic (exact) mass is 329 g/mol. The van der Waals surface area contributed by atoms with Crippen LogP contribution in [-0.4, -0.2) is 20.7 Å². The SMILES string of the molecule is C[C@@H](Sc1nccn1C)C(=O)Nc1ccc(C(F)(F)F)cc1. The molecule has 1 aromatic heterocycles. The number of anilines is 1. The molecule has 0 bridgehead atoms. The third kappa shape index (κ3) is 4.03. The van der Waals surface area contributed by atoms with Gasteiger partial charge in [0.1, 0.15) is 0 Å². The number of aromatic nitrogens is 2. The van der Waals surface area contributed by atoms with Gasteiger partial charge in [0.2, 0.25) is 5.91 Å². The normalized spacial score (nSPS) is 13.0. The number of benzene rings is 1. The molecule has 1 N–H and O–H groups in total. The maximum Gasteiger partial charge on any atom is 0.416 e. The number of rotatable bonds is 4. The van der Waals surface area contributed by atoms with E-state index in [1.54, 1.807) is 23.9 Å². The third-order valence-electron chi connectivity index (χ3n) is 2.91. The van der Waals surface area contributed by atoms with Gasteiger partial charge in [-0.1, -0.05) is 11.8 Å². The molecule has 22 heavy (non-hydrogen) atoms. The fraction of sp³-hybridized carbons (Fsp3) is 0.286. The van der Waals surface area contributed by atoms with Gasteiger partial charge in [-0.3, -0.25) is 4.79 Å². The van der Waals surface area contributed by atoms with Crippen molar-refractivity contribution in [3.8, 4) is 0 Å². The molecule has 0 aliphatic heterocycles. The lowest BCUT2D eigenvalue weighted by Gasteiger charge is -2.12. The standard InChI is InChI=1S/C14H14F3N3OS/c1-9(22-13-18-7-8-20(13)2)12(21)19-11-5-3-10(4-6-11)14(15,16)17/h3-9H,1-2H3,(H,19,21)/t9-/m1/s1. The number of aryl methyl sites for hydroxylation is 1. The summed E-state index contributed by atoms with van der Waals surface area (Å²) < 4.78 is 39.2. The summed E-state index contributed by atoms with van der Waals surface area (Å²) in [6, 6.07) is 4.34. The molecule has 1 aromatic carbocycles. The van der Waals surface area contributed by atoms with Crippen molar-refractivity contribution >= 4 is 23.4 Å². The molecule has 0 fully saturated rings. The number of thioether (sulfide) groups is 1. The molecule has 8 heteroatoms. The fourth-order valence-corrected chi connectivity index (χ4v) is 2.49. The van der Waals surface area contributed by atoms with Gasteiger partial charge < -0.3 is 9.88 Å². The third-order valence-corrected chi connectivity index (χ3v) is 4.08. The summed E-state index contributed by atoms with van der Waals surface area (Å²) in [5.41, 5.74) is -0.425. The van der Waals surface area contributed by atoms with E-state index in [1.807, 2.05) is 7.05 Å². The lowest BCUT2D eigenvalue weighted by atomic mass is 10.2. The number of hydrogen-bond donors (Lipinski definition) is 1. The zero-order valence-electron chi connectivity index (χ0n) is 11.9. The van der Waals surface area contributed by atoms with Crippen LogP contribution >= 0.6 is 11.8 Å². The van der Waals surface area contributed by atoms with E-state index in [4.69, 9.17) is 0 Å². The van der Waals surface area contributed by atoms with Gasteiger partial charge >= 0.3 is 6.18 Å². The summed E-state index contributed by atoms with van der Waals surface area (Å²) in [6.07, 6.45) is -0.991. The maximum atomic E-state index is 12.5. The van der Waals surface area contributed by atoms with E-state index in [1.165, 1.54) is 23.9 Å². The fourth-order valence-electron chi connectivity index (χ4n) is 1.66. The van der Waals surface area contributed by atoms with Crippen LogP contribution in [0.2, 0.25) is 0 Å². The average molecular weight is 329 g/mol. The van der Waals surface area contributed by atoms with Gasteiger partial charge in [-0.15, -0.1) is 0 Å². The van der Waals surface area contributed by atoms with Gasteiger partial charge in [-0.2, -0.15) is 13.2 Å². The van der Waals surface area contributed by atoms with Crippen molar-refractivity contribution in [2.75, 3.05) is 5.32 Å². The summed E-state index contributed by atoms with van der Waals surface area (Å²) in [5.74, 6) is -0.298. The lowest BCUT2D eigenvalue weighted by Crippen LogP contribution is -2.22. The van der Waals surface area contributed by atoms with Gasteiger partial charge in [0.25, 0.3) is 0 Å². The van der Waals surface area contributed by atoms with Gasteiger partial charge in [0.05, 0.1) is 10.8 Å². The van der Waals surface area contributed by atoms with Crippen LogP contribution in [-0.2, 0) is 18.0 Å².